The zero-order chi connectivity index (χ0) is 26.9. The van der Waals surface area contributed by atoms with Gasteiger partial charge in [0, 0.05) is 32.9 Å². The molecule has 2 amide bonds. The van der Waals surface area contributed by atoms with E-state index in [1.165, 1.54) is 14.1 Å². The maximum atomic E-state index is 11.8. The van der Waals surface area contributed by atoms with Crippen molar-refractivity contribution < 1.29 is 33.3 Å². The smallest absolute Gasteiger partial charge is 0.407 e. The van der Waals surface area contributed by atoms with E-state index >= 15 is 0 Å². The molecule has 0 heterocycles. The molecule has 0 bridgehead atoms. The van der Waals surface area contributed by atoms with Crippen molar-refractivity contribution >= 4 is 12.0 Å². The summed E-state index contributed by atoms with van der Waals surface area (Å²) in [6.45, 7) is 4.49. The number of carbonyl (C=O) groups excluding carboxylic acids is 2. The van der Waals surface area contributed by atoms with E-state index in [-0.39, 0.29) is 12.0 Å². The van der Waals surface area contributed by atoms with Crippen LogP contribution < -0.4 is 22.1 Å². The largest absolute Gasteiger partial charge is 0.449 e. The molecule has 2 aliphatic rings. The van der Waals surface area contributed by atoms with Crippen LogP contribution in [-0.2, 0) is 28.5 Å². The number of rotatable bonds is 17. The number of fused-ring (bicyclic) bond motifs is 1. The topological polar surface area (TPSA) is 156 Å². The monoisotopic (exact) mass is 516 g/mol. The van der Waals surface area contributed by atoms with Crippen LogP contribution in [0, 0.1) is 29.6 Å². The van der Waals surface area contributed by atoms with Gasteiger partial charge in [-0.15, -0.1) is 11.8 Å². The molecule has 0 radical (unpaired) electrons. The highest BCUT2D eigenvalue weighted by Crippen LogP contribution is 2.52. The van der Waals surface area contributed by atoms with Gasteiger partial charge >= 0.3 is 6.09 Å². The Bertz CT molecular complexity index is 595. The van der Waals surface area contributed by atoms with Crippen molar-refractivity contribution in [3.05, 3.63) is 0 Å². The number of nitrogens with two attached hydrogens (primary N) is 2. The molecule has 36 heavy (non-hydrogen) atoms. The summed E-state index contributed by atoms with van der Waals surface area (Å²) < 4.78 is 26.8. The third-order valence-electron chi connectivity index (χ3n) is 5.63. The number of nitrogens with one attached hydrogen (secondary N) is 2. The Morgan fingerprint density at radius 1 is 0.778 bits per heavy atom. The van der Waals surface area contributed by atoms with E-state index in [9.17, 15) is 9.59 Å². The fourth-order valence-corrected chi connectivity index (χ4v) is 3.78. The first-order valence-corrected chi connectivity index (χ1v) is 12.8. The molecule has 0 spiro atoms. The highest BCUT2D eigenvalue weighted by molar-refractivity contribution is 5.75. The van der Waals surface area contributed by atoms with Crippen LogP contribution in [0.2, 0.25) is 0 Å². The van der Waals surface area contributed by atoms with Crippen molar-refractivity contribution in [3.63, 3.8) is 0 Å². The molecular formula is C25H48N4O7. The summed E-state index contributed by atoms with van der Waals surface area (Å²) in [5.41, 5.74) is 9.00. The van der Waals surface area contributed by atoms with Gasteiger partial charge in [0.2, 0.25) is 5.91 Å². The summed E-state index contributed by atoms with van der Waals surface area (Å²) in [4.78, 5) is 22.8. The Balaban J connectivity index is 0.00000291. The second kappa shape index (κ2) is 24.7. The van der Waals surface area contributed by atoms with Crippen molar-refractivity contribution in [2.45, 2.75) is 32.1 Å². The summed E-state index contributed by atoms with van der Waals surface area (Å²) in [6, 6.07) is 0. The van der Waals surface area contributed by atoms with E-state index < -0.39 is 0 Å². The summed E-state index contributed by atoms with van der Waals surface area (Å²) in [5.74, 6) is 8.20. The number of hydrogen-bond acceptors (Lipinski definition) is 9. The number of ether oxygens (including phenoxy) is 5. The maximum Gasteiger partial charge on any atom is 0.407 e. The third kappa shape index (κ3) is 17.5. The van der Waals surface area contributed by atoms with Gasteiger partial charge < -0.3 is 45.8 Å². The molecule has 0 aromatic carbocycles. The van der Waals surface area contributed by atoms with Crippen LogP contribution >= 0.6 is 0 Å². The number of alkyl carbamates (subject to hydrolysis) is 1. The van der Waals surface area contributed by atoms with E-state index in [1.807, 2.05) is 0 Å². The van der Waals surface area contributed by atoms with Crippen LogP contribution in [0.4, 0.5) is 4.79 Å². The molecule has 210 valence electrons. The van der Waals surface area contributed by atoms with Crippen LogP contribution in [0.15, 0.2) is 0 Å². The van der Waals surface area contributed by atoms with Crippen LogP contribution in [0.5, 0.6) is 0 Å². The lowest BCUT2D eigenvalue weighted by Gasteiger charge is -2.09. The third-order valence-corrected chi connectivity index (χ3v) is 5.63. The van der Waals surface area contributed by atoms with Gasteiger partial charge in [0.1, 0.15) is 0 Å². The minimum Gasteiger partial charge on any atom is -0.449 e. The number of hydrogen-bond donors (Lipinski definition) is 4. The van der Waals surface area contributed by atoms with E-state index in [2.05, 4.69) is 33.9 Å². The molecule has 2 rings (SSSR count). The average molecular weight is 517 g/mol. The van der Waals surface area contributed by atoms with Gasteiger partial charge in [0.05, 0.1) is 59.5 Å². The predicted molar refractivity (Wildman–Crippen MR) is 138 cm³/mol. The summed E-state index contributed by atoms with van der Waals surface area (Å²) in [6.07, 6.45) is 4.17. The van der Waals surface area contributed by atoms with Crippen LogP contribution in [0.1, 0.15) is 32.1 Å². The van der Waals surface area contributed by atoms with Gasteiger partial charge in [-0.25, -0.2) is 4.79 Å². The molecular weight excluding hydrogens is 468 g/mol. The Hall–Kier alpha value is -1.94. The van der Waals surface area contributed by atoms with Crippen molar-refractivity contribution in [1.82, 2.24) is 10.6 Å². The van der Waals surface area contributed by atoms with Crippen molar-refractivity contribution in [2.24, 2.45) is 29.2 Å². The molecule has 0 saturated heterocycles. The lowest BCUT2D eigenvalue weighted by molar-refractivity contribution is -0.121. The average Bonchev–Trinajstić information content (AvgIpc) is 3.55. The Kier molecular flexibility index (Phi) is 23.4. The zero-order valence-electron chi connectivity index (χ0n) is 22.4. The van der Waals surface area contributed by atoms with Crippen molar-refractivity contribution in [2.75, 3.05) is 87.1 Å². The van der Waals surface area contributed by atoms with Gasteiger partial charge in [0.15, 0.2) is 0 Å². The van der Waals surface area contributed by atoms with E-state index in [1.54, 1.807) is 7.05 Å². The quantitative estimate of drug-likeness (QED) is 0.160. The number of carbonyl (C=O) groups is 2. The molecule has 2 aliphatic carbocycles. The first kappa shape index (κ1) is 34.1. The lowest BCUT2D eigenvalue weighted by Crippen LogP contribution is -2.29. The SMILES string of the molecule is CN.CN.CNC(=O)CCOCCOCCOCCOCCNC(=O)OCC1[C@H]2CCC#CCC[C@@H]12. The normalized spacial score (nSPS) is 19.3. The van der Waals surface area contributed by atoms with Gasteiger partial charge in [-0.3, -0.25) is 4.79 Å². The molecule has 0 aromatic heterocycles. The maximum absolute atomic E-state index is 11.8. The standard InChI is InChI=1S/C23H38N2O7.2CH5N/c1-24-22(26)8-10-28-12-14-30-16-17-31-15-13-29-11-9-25-23(27)32-18-21-19-6-4-2-3-5-7-20(19)21;2*1-2/h19-21H,4-18H2,1H3,(H,24,26)(H,25,27);2*2H2,1H3/t19-,20+,21?;;. The van der Waals surface area contributed by atoms with Crippen LogP contribution in [0.3, 0.4) is 0 Å². The molecule has 1 unspecified atom stereocenters. The van der Waals surface area contributed by atoms with Gasteiger partial charge in [-0.1, -0.05) is 0 Å². The van der Waals surface area contributed by atoms with Crippen LogP contribution in [-0.4, -0.2) is 99.2 Å². The molecule has 0 aliphatic heterocycles. The molecule has 6 N–H and O–H groups in total. The minimum atomic E-state index is -0.380. The summed E-state index contributed by atoms with van der Waals surface area (Å²) in [5, 5.41) is 5.25. The molecule has 11 nitrogen and oxygen atoms in total. The van der Waals surface area contributed by atoms with Gasteiger partial charge in [0.25, 0.3) is 0 Å². The van der Waals surface area contributed by atoms with Crippen molar-refractivity contribution in [1.29, 1.82) is 0 Å². The lowest BCUT2D eigenvalue weighted by atomic mass is 10.1. The Labute approximate surface area is 216 Å². The highest BCUT2D eigenvalue weighted by Gasteiger charge is 2.49. The van der Waals surface area contributed by atoms with Gasteiger partial charge in [-0.2, -0.15) is 0 Å². The predicted octanol–water partition coefficient (Wildman–Crippen LogP) is 0.505. The Morgan fingerprint density at radius 3 is 1.75 bits per heavy atom. The highest BCUT2D eigenvalue weighted by atomic mass is 16.6. The molecule has 0 aromatic rings. The van der Waals surface area contributed by atoms with Gasteiger partial charge in [-0.05, 0) is 44.7 Å². The molecule has 1 saturated carbocycles. The van der Waals surface area contributed by atoms with Crippen LogP contribution in [0.25, 0.3) is 0 Å². The second-order valence-corrected chi connectivity index (χ2v) is 7.82. The van der Waals surface area contributed by atoms with E-state index in [0.29, 0.717) is 90.2 Å². The Morgan fingerprint density at radius 2 is 1.25 bits per heavy atom. The van der Waals surface area contributed by atoms with E-state index in [0.717, 1.165) is 25.7 Å². The van der Waals surface area contributed by atoms with Crippen molar-refractivity contribution in [3.8, 4) is 11.8 Å². The zero-order valence-corrected chi connectivity index (χ0v) is 22.4. The molecule has 11 heteroatoms. The first-order chi connectivity index (χ1) is 17.7. The number of amides is 2. The summed E-state index contributed by atoms with van der Waals surface area (Å²) in [7, 11) is 4.60. The minimum absolute atomic E-state index is 0.0371. The van der Waals surface area contributed by atoms with E-state index in [4.69, 9.17) is 23.7 Å². The second-order valence-electron chi connectivity index (χ2n) is 7.82. The molecule has 3 atom stereocenters. The fraction of sp³-hybridized carbons (Fsp3) is 0.840. The first-order valence-electron chi connectivity index (χ1n) is 12.8. The summed E-state index contributed by atoms with van der Waals surface area (Å²) >= 11 is 0. The fourth-order valence-electron chi connectivity index (χ4n) is 3.78. The molecule has 1 fully saturated rings.